The fraction of sp³-hybridized carbons (Fsp3) is 0.958. The first-order chi connectivity index (χ1) is 16.9. The zero-order valence-corrected chi connectivity index (χ0v) is 21.8. The van der Waals surface area contributed by atoms with Crippen molar-refractivity contribution in [3.63, 3.8) is 0 Å². The highest BCUT2D eigenvalue weighted by molar-refractivity contribution is 5.82. The number of hydrogen-bond donors (Lipinski definition) is 4. The molecule has 4 heterocycles. The fourth-order valence-electron chi connectivity index (χ4n) is 5.91. The van der Waals surface area contributed by atoms with E-state index in [1.807, 2.05) is 27.7 Å². The number of methoxy groups -OCH3 is 2. The molecule has 0 radical (unpaired) electrons. The van der Waals surface area contributed by atoms with Gasteiger partial charge in [-0.15, -0.1) is 0 Å². The second kappa shape index (κ2) is 10.3. The summed E-state index contributed by atoms with van der Waals surface area (Å²) in [5, 5.41) is 33.3. The zero-order valence-electron chi connectivity index (χ0n) is 21.8. The number of carbonyl (C=O) groups excluding carboxylic acids is 1. The van der Waals surface area contributed by atoms with Gasteiger partial charge in [-0.1, -0.05) is 20.8 Å². The molecule has 12 nitrogen and oxygen atoms in total. The van der Waals surface area contributed by atoms with Gasteiger partial charge in [0, 0.05) is 38.4 Å². The summed E-state index contributed by atoms with van der Waals surface area (Å²) in [6.45, 7) is 7.72. The molecule has 0 unspecified atom stereocenters. The number of epoxide rings is 1. The van der Waals surface area contributed by atoms with Gasteiger partial charge in [0.25, 0.3) is 5.91 Å². The van der Waals surface area contributed by atoms with Crippen LogP contribution < -0.4 is 5.32 Å². The summed E-state index contributed by atoms with van der Waals surface area (Å²) >= 11 is 0. The molecule has 12 heteroatoms. The monoisotopic (exact) mass is 519 g/mol. The second-order valence-corrected chi connectivity index (χ2v) is 11.0. The molecule has 11 atom stereocenters. The molecule has 4 fully saturated rings. The highest BCUT2D eigenvalue weighted by atomic mass is 16.7. The van der Waals surface area contributed by atoms with Crippen LogP contribution in [0.1, 0.15) is 40.5 Å². The van der Waals surface area contributed by atoms with Gasteiger partial charge in [-0.2, -0.15) is 0 Å². The molecule has 0 bridgehead atoms. The van der Waals surface area contributed by atoms with E-state index in [9.17, 15) is 20.1 Å². The van der Waals surface area contributed by atoms with Crippen LogP contribution in [-0.2, 0) is 38.0 Å². The maximum atomic E-state index is 13.3. The van der Waals surface area contributed by atoms with E-state index in [4.69, 9.17) is 33.2 Å². The highest BCUT2D eigenvalue weighted by Crippen LogP contribution is 2.51. The SMILES string of the molecule is CO[C@@H]1[C@H]2OCO[C@@H](NC(=O)[C@@H](O)[C@@]3(OC)C[C@]4(CO4)[C@@H](C)[C@@H](C)O3)[C@H]2O[C@H](C[C@@H](O)CO)C1(C)C. The van der Waals surface area contributed by atoms with Crippen LogP contribution in [0.2, 0.25) is 0 Å². The van der Waals surface area contributed by atoms with Gasteiger partial charge in [0.1, 0.15) is 24.6 Å². The molecule has 1 amide bonds. The molecule has 4 aliphatic heterocycles. The van der Waals surface area contributed by atoms with Gasteiger partial charge in [-0.25, -0.2) is 0 Å². The number of ether oxygens (including phenoxy) is 7. The first-order valence-electron chi connectivity index (χ1n) is 12.5. The predicted octanol–water partition coefficient (Wildman–Crippen LogP) is -0.729. The largest absolute Gasteiger partial charge is 0.394 e. The van der Waals surface area contributed by atoms with E-state index in [1.54, 1.807) is 7.11 Å². The second-order valence-electron chi connectivity index (χ2n) is 11.0. The zero-order chi connectivity index (χ0) is 26.5. The summed E-state index contributed by atoms with van der Waals surface area (Å²) < 4.78 is 41.0. The average Bonchev–Trinajstić information content (AvgIpc) is 3.62. The van der Waals surface area contributed by atoms with Crippen molar-refractivity contribution in [3.8, 4) is 0 Å². The van der Waals surface area contributed by atoms with Crippen LogP contribution >= 0.6 is 0 Å². The van der Waals surface area contributed by atoms with Crippen LogP contribution in [0.15, 0.2) is 0 Å². The van der Waals surface area contributed by atoms with Crippen molar-refractivity contribution < 1.29 is 53.3 Å². The molecule has 36 heavy (non-hydrogen) atoms. The molecular weight excluding hydrogens is 478 g/mol. The van der Waals surface area contributed by atoms with Crippen molar-refractivity contribution in [2.45, 2.75) is 101 Å². The molecule has 208 valence electrons. The molecule has 0 aliphatic carbocycles. The lowest BCUT2D eigenvalue weighted by atomic mass is 9.72. The highest BCUT2D eigenvalue weighted by Gasteiger charge is 2.64. The molecule has 4 saturated heterocycles. The molecule has 1 spiro atoms. The Balaban J connectivity index is 1.51. The van der Waals surface area contributed by atoms with Gasteiger partial charge in [-0.05, 0) is 6.92 Å². The molecule has 0 aromatic heterocycles. The molecule has 0 saturated carbocycles. The first kappa shape index (κ1) is 28.1. The van der Waals surface area contributed by atoms with Crippen LogP contribution in [0.4, 0.5) is 0 Å². The Labute approximate surface area is 211 Å². The third kappa shape index (κ3) is 4.81. The lowest BCUT2D eigenvalue weighted by Crippen LogP contribution is -2.69. The maximum absolute atomic E-state index is 13.3. The quantitative estimate of drug-likeness (QED) is 0.300. The minimum atomic E-state index is -1.67. The van der Waals surface area contributed by atoms with Crippen molar-refractivity contribution in [3.05, 3.63) is 0 Å². The van der Waals surface area contributed by atoms with Gasteiger partial charge in [0.2, 0.25) is 5.79 Å². The summed E-state index contributed by atoms with van der Waals surface area (Å²) in [5.41, 5.74) is -1.08. The Kier molecular flexibility index (Phi) is 8.06. The maximum Gasteiger partial charge on any atom is 0.256 e. The van der Waals surface area contributed by atoms with Crippen molar-refractivity contribution in [1.29, 1.82) is 0 Å². The average molecular weight is 520 g/mol. The Morgan fingerprint density at radius 2 is 1.86 bits per heavy atom. The Bertz CT molecular complexity index is 792. The number of aliphatic hydroxyl groups is 3. The van der Waals surface area contributed by atoms with Crippen molar-refractivity contribution in [2.75, 3.05) is 34.2 Å². The van der Waals surface area contributed by atoms with Gasteiger partial charge >= 0.3 is 0 Å². The topological polar surface area (TPSA) is 158 Å². The predicted molar refractivity (Wildman–Crippen MR) is 122 cm³/mol. The lowest BCUT2D eigenvalue weighted by molar-refractivity contribution is -0.334. The fourth-order valence-corrected chi connectivity index (χ4v) is 5.91. The van der Waals surface area contributed by atoms with Crippen molar-refractivity contribution >= 4 is 5.91 Å². The third-order valence-corrected chi connectivity index (χ3v) is 8.54. The summed E-state index contributed by atoms with van der Waals surface area (Å²) in [7, 11) is 2.95. The normalized spacial score (nSPS) is 45.5. The number of amides is 1. The number of hydrogen-bond acceptors (Lipinski definition) is 11. The number of fused-ring (bicyclic) bond motifs is 1. The summed E-state index contributed by atoms with van der Waals surface area (Å²) in [6.07, 6.45) is -5.98. The van der Waals surface area contributed by atoms with Gasteiger partial charge < -0.3 is 53.8 Å². The number of carbonyl (C=O) groups is 1. The van der Waals surface area contributed by atoms with E-state index < -0.39 is 72.2 Å². The summed E-state index contributed by atoms with van der Waals surface area (Å²) in [5.74, 6) is -2.27. The van der Waals surface area contributed by atoms with Crippen LogP contribution in [0.3, 0.4) is 0 Å². The molecule has 4 aliphatic rings. The lowest BCUT2D eigenvalue weighted by Gasteiger charge is -2.54. The molecular formula is C24H41NO11. The van der Waals surface area contributed by atoms with Crippen LogP contribution in [0.25, 0.3) is 0 Å². The Hall–Kier alpha value is -0.930. The Morgan fingerprint density at radius 3 is 2.44 bits per heavy atom. The molecule has 0 aromatic rings. The van der Waals surface area contributed by atoms with Gasteiger partial charge in [-0.3, -0.25) is 4.79 Å². The Morgan fingerprint density at radius 1 is 1.17 bits per heavy atom. The van der Waals surface area contributed by atoms with E-state index in [1.165, 1.54) is 7.11 Å². The van der Waals surface area contributed by atoms with Crippen LogP contribution in [0, 0.1) is 11.3 Å². The molecule has 4 rings (SSSR count). The van der Waals surface area contributed by atoms with E-state index in [-0.39, 0.29) is 31.7 Å². The molecule has 0 aromatic carbocycles. The third-order valence-electron chi connectivity index (χ3n) is 8.54. The number of aliphatic hydroxyl groups excluding tert-OH is 3. The van der Waals surface area contributed by atoms with Crippen molar-refractivity contribution in [1.82, 2.24) is 5.32 Å². The van der Waals surface area contributed by atoms with Crippen molar-refractivity contribution in [2.24, 2.45) is 11.3 Å². The summed E-state index contributed by atoms with van der Waals surface area (Å²) in [6, 6.07) is 0. The van der Waals surface area contributed by atoms with Crippen LogP contribution in [0.5, 0.6) is 0 Å². The van der Waals surface area contributed by atoms with E-state index in [0.717, 1.165) is 0 Å². The van der Waals surface area contributed by atoms with Crippen LogP contribution in [-0.4, -0.2) is 116 Å². The number of nitrogens with one attached hydrogen (secondary N) is 1. The van der Waals surface area contributed by atoms with E-state index in [0.29, 0.717) is 6.61 Å². The molecule has 4 N–H and O–H groups in total. The van der Waals surface area contributed by atoms with Gasteiger partial charge in [0.05, 0.1) is 37.6 Å². The van der Waals surface area contributed by atoms with E-state index in [2.05, 4.69) is 5.32 Å². The van der Waals surface area contributed by atoms with Gasteiger partial charge in [0.15, 0.2) is 12.3 Å². The number of rotatable bonds is 8. The first-order valence-corrected chi connectivity index (χ1v) is 12.5. The van der Waals surface area contributed by atoms with E-state index >= 15 is 0 Å². The smallest absolute Gasteiger partial charge is 0.256 e. The minimum absolute atomic E-state index is 0.0757. The standard InChI is InChI=1S/C24H41NO11/c1-12-13(2)36-24(31-6,9-23(12)10-34-23)18(28)20(29)25-21-17-16(32-11-33-21)19(30-5)22(3,4)15(35-17)7-14(27)8-26/h12-19,21,26-28H,7-11H2,1-6H3,(H,25,29)/t12-,13+,14+,15+,16-,17-,18+,19+,21+,23-,24+/m0/s1. The summed E-state index contributed by atoms with van der Waals surface area (Å²) in [4.78, 5) is 13.3. The minimum Gasteiger partial charge on any atom is -0.394 e.